The third kappa shape index (κ3) is 3.96. The number of hydrogen-bond acceptors (Lipinski definition) is 4. The Morgan fingerprint density at radius 1 is 1.37 bits per heavy atom. The minimum atomic E-state index is -0.227. The fraction of sp³-hybridized carbons (Fsp3) is 0.692. The van der Waals surface area contributed by atoms with Crippen molar-refractivity contribution in [2.45, 2.75) is 46.7 Å². The van der Waals surface area contributed by atoms with Gasteiger partial charge in [0.25, 0.3) is 5.91 Å². The van der Waals surface area contributed by atoms with Gasteiger partial charge >= 0.3 is 0 Å². The van der Waals surface area contributed by atoms with Crippen molar-refractivity contribution in [3.63, 3.8) is 0 Å². The second kappa shape index (κ2) is 6.56. The molecule has 0 aliphatic heterocycles. The van der Waals surface area contributed by atoms with Gasteiger partial charge in [0.2, 0.25) is 0 Å². The molecule has 4 N–H and O–H groups in total. The fourth-order valence-electron chi connectivity index (χ4n) is 2.11. The van der Waals surface area contributed by atoms with E-state index in [-0.39, 0.29) is 11.6 Å². The second-order valence-electron chi connectivity index (χ2n) is 5.29. The van der Waals surface area contributed by atoms with Crippen molar-refractivity contribution in [3.8, 4) is 0 Å². The van der Waals surface area contributed by atoms with Crippen molar-refractivity contribution in [1.29, 1.82) is 0 Å². The molecule has 6 nitrogen and oxygen atoms in total. The first-order valence-electron chi connectivity index (χ1n) is 6.69. The van der Waals surface area contributed by atoms with Crippen LogP contribution in [0.25, 0.3) is 0 Å². The van der Waals surface area contributed by atoms with Gasteiger partial charge in [0.15, 0.2) is 5.69 Å². The summed E-state index contributed by atoms with van der Waals surface area (Å²) in [4.78, 5) is 14.2. The predicted molar refractivity (Wildman–Crippen MR) is 77.0 cm³/mol. The maximum atomic E-state index is 11.9. The highest BCUT2D eigenvalue weighted by atomic mass is 16.1. The Bertz CT molecular complexity index is 417. The van der Waals surface area contributed by atoms with Crippen LogP contribution < -0.4 is 11.1 Å². The van der Waals surface area contributed by atoms with Crippen molar-refractivity contribution in [3.05, 3.63) is 11.4 Å². The zero-order chi connectivity index (χ0) is 14.6. The molecule has 0 bridgehead atoms. The average Bonchev–Trinajstić information content (AvgIpc) is 2.64. The molecule has 1 amide bonds. The molecule has 0 aliphatic rings. The number of aromatic nitrogens is 2. The molecule has 0 fully saturated rings. The molecule has 1 rings (SSSR count). The lowest BCUT2D eigenvalue weighted by molar-refractivity contribution is 0.0935. The third-order valence-electron chi connectivity index (χ3n) is 3.19. The Kier molecular flexibility index (Phi) is 5.35. The summed E-state index contributed by atoms with van der Waals surface area (Å²) in [6.45, 7) is 11.8. The molecule has 108 valence electrons. The fourth-order valence-corrected chi connectivity index (χ4v) is 2.11. The number of H-pyrrole nitrogens is 1. The molecule has 1 aromatic heterocycles. The molecule has 1 heterocycles. The number of amides is 1. The number of nitrogens with one attached hydrogen (secondary N) is 2. The van der Waals surface area contributed by atoms with E-state index < -0.39 is 0 Å². The average molecular weight is 267 g/mol. The third-order valence-corrected chi connectivity index (χ3v) is 3.19. The molecule has 19 heavy (non-hydrogen) atoms. The number of anilines is 1. The van der Waals surface area contributed by atoms with E-state index in [0.717, 1.165) is 12.2 Å². The first-order chi connectivity index (χ1) is 8.84. The highest BCUT2D eigenvalue weighted by Crippen LogP contribution is 2.11. The summed E-state index contributed by atoms with van der Waals surface area (Å²) in [5.74, 6) is -0.227. The lowest BCUT2D eigenvalue weighted by Crippen LogP contribution is -2.42. The van der Waals surface area contributed by atoms with Crippen LogP contribution in [0, 0.1) is 6.92 Å². The number of rotatable bonds is 6. The number of carbonyl (C=O) groups is 1. The predicted octanol–water partition coefficient (Wildman–Crippen LogP) is 1.15. The van der Waals surface area contributed by atoms with Crippen LogP contribution in [0.1, 0.15) is 43.9 Å². The smallest absolute Gasteiger partial charge is 0.273 e. The molecule has 0 spiro atoms. The Balaban J connectivity index is 2.49. The van der Waals surface area contributed by atoms with Crippen molar-refractivity contribution in [1.82, 2.24) is 20.4 Å². The monoisotopic (exact) mass is 267 g/mol. The highest BCUT2D eigenvalue weighted by Gasteiger charge is 2.16. The number of nitrogens with zero attached hydrogens (tertiary/aromatic N) is 2. The van der Waals surface area contributed by atoms with Gasteiger partial charge in [-0.15, -0.1) is 0 Å². The molecular weight excluding hydrogens is 242 g/mol. The molecular formula is C13H25N5O. The van der Waals surface area contributed by atoms with E-state index in [0.29, 0.717) is 24.3 Å². The van der Waals surface area contributed by atoms with E-state index in [2.05, 4.69) is 48.1 Å². The van der Waals surface area contributed by atoms with E-state index >= 15 is 0 Å². The molecule has 0 aliphatic carbocycles. The minimum absolute atomic E-state index is 0.227. The summed E-state index contributed by atoms with van der Waals surface area (Å²) in [5, 5.41) is 9.47. The highest BCUT2D eigenvalue weighted by molar-refractivity contribution is 5.97. The van der Waals surface area contributed by atoms with E-state index in [1.54, 1.807) is 6.92 Å². The van der Waals surface area contributed by atoms with Crippen LogP contribution in [0.5, 0.6) is 0 Å². The van der Waals surface area contributed by atoms with E-state index in [9.17, 15) is 4.79 Å². The molecule has 0 radical (unpaired) electrons. The molecule has 0 saturated heterocycles. The lowest BCUT2D eigenvalue weighted by atomic mass is 10.2. The number of nitrogen functional groups attached to an aromatic ring is 1. The first kappa shape index (κ1) is 15.5. The van der Waals surface area contributed by atoms with Crippen LogP contribution in [-0.2, 0) is 0 Å². The minimum Gasteiger partial charge on any atom is -0.395 e. The number of aryl methyl sites for hydroxylation is 1. The van der Waals surface area contributed by atoms with Gasteiger partial charge in [0.05, 0.1) is 11.4 Å². The maximum Gasteiger partial charge on any atom is 0.273 e. The van der Waals surface area contributed by atoms with Gasteiger partial charge in [-0.3, -0.25) is 14.8 Å². The molecule has 0 atom stereocenters. The van der Waals surface area contributed by atoms with Crippen molar-refractivity contribution >= 4 is 11.6 Å². The van der Waals surface area contributed by atoms with Gasteiger partial charge in [-0.05, 0) is 34.6 Å². The first-order valence-corrected chi connectivity index (χ1v) is 6.69. The van der Waals surface area contributed by atoms with Gasteiger partial charge in [-0.25, -0.2) is 0 Å². The van der Waals surface area contributed by atoms with Crippen LogP contribution >= 0.6 is 0 Å². The topological polar surface area (TPSA) is 87.0 Å². The second-order valence-corrected chi connectivity index (χ2v) is 5.29. The molecule has 0 aromatic carbocycles. The number of hydrogen-bond donors (Lipinski definition) is 3. The summed E-state index contributed by atoms with van der Waals surface area (Å²) >= 11 is 0. The van der Waals surface area contributed by atoms with Crippen molar-refractivity contribution in [2.24, 2.45) is 0 Å². The van der Waals surface area contributed by atoms with Gasteiger partial charge < -0.3 is 11.1 Å². The number of aromatic amines is 1. The SMILES string of the molecule is Cc1[nH]nc(C(=O)NCCN(C(C)C)C(C)C)c1N. The van der Waals surface area contributed by atoms with E-state index in [4.69, 9.17) is 5.73 Å². The zero-order valence-corrected chi connectivity index (χ0v) is 12.4. The zero-order valence-electron chi connectivity index (χ0n) is 12.4. The van der Waals surface area contributed by atoms with Gasteiger partial charge in [-0.1, -0.05) is 0 Å². The Labute approximate surface area is 114 Å². The van der Waals surface area contributed by atoms with Crippen LogP contribution in [0.3, 0.4) is 0 Å². The normalized spacial score (nSPS) is 11.6. The summed E-state index contributed by atoms with van der Waals surface area (Å²) in [6, 6.07) is 0.907. The van der Waals surface area contributed by atoms with Gasteiger partial charge in [0, 0.05) is 25.2 Å². The molecule has 1 aromatic rings. The number of carbonyl (C=O) groups excluding carboxylic acids is 1. The lowest BCUT2D eigenvalue weighted by Gasteiger charge is -2.30. The summed E-state index contributed by atoms with van der Waals surface area (Å²) < 4.78 is 0. The summed E-state index contributed by atoms with van der Waals surface area (Å²) in [6.07, 6.45) is 0. The van der Waals surface area contributed by atoms with Gasteiger partial charge in [0.1, 0.15) is 0 Å². The quantitative estimate of drug-likeness (QED) is 0.721. The van der Waals surface area contributed by atoms with Crippen LogP contribution in [-0.4, -0.2) is 46.2 Å². The standard InChI is InChI=1S/C13H25N5O/c1-8(2)18(9(3)4)7-6-15-13(19)12-11(14)10(5)16-17-12/h8-9H,6-7,14H2,1-5H3,(H,15,19)(H,16,17). The van der Waals surface area contributed by atoms with E-state index in [1.807, 2.05) is 0 Å². The number of nitrogens with two attached hydrogens (primary N) is 1. The maximum absolute atomic E-state index is 11.9. The Hall–Kier alpha value is -1.56. The van der Waals surface area contributed by atoms with E-state index in [1.165, 1.54) is 0 Å². The van der Waals surface area contributed by atoms with Crippen LogP contribution in [0.2, 0.25) is 0 Å². The van der Waals surface area contributed by atoms with Crippen LogP contribution in [0.4, 0.5) is 5.69 Å². The molecule has 0 saturated carbocycles. The summed E-state index contributed by atoms with van der Waals surface area (Å²) in [5.41, 5.74) is 7.18. The van der Waals surface area contributed by atoms with Crippen molar-refractivity contribution < 1.29 is 4.79 Å². The molecule has 6 heteroatoms. The van der Waals surface area contributed by atoms with Gasteiger partial charge in [-0.2, -0.15) is 5.10 Å². The summed E-state index contributed by atoms with van der Waals surface area (Å²) in [7, 11) is 0. The Morgan fingerprint density at radius 3 is 2.37 bits per heavy atom. The van der Waals surface area contributed by atoms with Crippen LogP contribution in [0.15, 0.2) is 0 Å². The Morgan fingerprint density at radius 2 is 1.95 bits per heavy atom. The molecule has 0 unspecified atom stereocenters. The van der Waals surface area contributed by atoms with Crippen molar-refractivity contribution in [2.75, 3.05) is 18.8 Å². The largest absolute Gasteiger partial charge is 0.395 e.